The van der Waals surface area contributed by atoms with Crippen molar-refractivity contribution in [3.8, 4) is 0 Å². The Labute approximate surface area is 138 Å². The zero-order valence-corrected chi connectivity index (χ0v) is 14.5. The van der Waals surface area contributed by atoms with Crippen LogP contribution in [0.25, 0.3) is 22.4 Å². The minimum absolute atomic E-state index is 0.632. The lowest BCUT2D eigenvalue weighted by Crippen LogP contribution is -2.25. The quantitative estimate of drug-likeness (QED) is 0.664. The Morgan fingerprint density at radius 3 is 2.76 bits per heavy atom. The van der Waals surface area contributed by atoms with Crippen LogP contribution in [0, 0.1) is 5.92 Å². The number of aromatic nitrogens is 2. The summed E-state index contributed by atoms with van der Waals surface area (Å²) in [6.07, 6.45) is 5.69. The van der Waals surface area contributed by atoms with E-state index in [4.69, 9.17) is 4.98 Å². The summed E-state index contributed by atoms with van der Waals surface area (Å²) in [5.74, 6) is 0.632. The Hall–Kier alpha value is -0.820. The highest BCUT2D eigenvalue weighted by Gasteiger charge is 2.10. The van der Waals surface area contributed by atoms with Crippen LogP contribution in [0.3, 0.4) is 0 Å². The molecule has 1 aliphatic carbocycles. The van der Waals surface area contributed by atoms with Crippen molar-refractivity contribution < 1.29 is 0 Å². The first kappa shape index (κ1) is 13.8. The van der Waals surface area contributed by atoms with Gasteiger partial charge in [-0.1, -0.05) is 31.2 Å². The molecule has 2 nitrogen and oxygen atoms in total. The lowest BCUT2D eigenvalue weighted by Gasteiger charge is -2.02. The Morgan fingerprint density at radius 1 is 1.10 bits per heavy atom. The summed E-state index contributed by atoms with van der Waals surface area (Å²) in [6.45, 7) is 2.25. The highest BCUT2D eigenvalue weighted by molar-refractivity contribution is 8.77. The monoisotopic (exact) mass is 348 g/mol. The van der Waals surface area contributed by atoms with E-state index in [1.54, 1.807) is 44.3 Å². The molecule has 0 saturated carbocycles. The summed E-state index contributed by atoms with van der Waals surface area (Å²) in [5.41, 5.74) is 1.08. The molecule has 6 heteroatoms. The van der Waals surface area contributed by atoms with E-state index in [0.29, 0.717) is 5.92 Å². The first-order valence-electron chi connectivity index (χ1n) is 6.67. The molecule has 0 amide bonds. The van der Waals surface area contributed by atoms with Crippen LogP contribution in [-0.4, -0.2) is 9.97 Å². The van der Waals surface area contributed by atoms with Crippen molar-refractivity contribution in [2.45, 2.75) is 22.0 Å². The van der Waals surface area contributed by atoms with Gasteiger partial charge in [-0.05, 0) is 46.1 Å². The number of fused-ring (bicyclic) bond motifs is 2. The van der Waals surface area contributed by atoms with Crippen LogP contribution in [0.2, 0.25) is 0 Å². The average Bonchev–Trinajstić information content (AvgIpc) is 3.07. The summed E-state index contributed by atoms with van der Waals surface area (Å²) < 4.78 is 4.78. The number of hydrogen-bond acceptors (Lipinski definition) is 6. The van der Waals surface area contributed by atoms with Gasteiger partial charge in [-0.15, -0.1) is 22.7 Å². The van der Waals surface area contributed by atoms with Gasteiger partial charge in [-0.2, -0.15) is 0 Å². The van der Waals surface area contributed by atoms with Gasteiger partial charge in [-0.25, -0.2) is 9.97 Å². The van der Waals surface area contributed by atoms with E-state index < -0.39 is 0 Å². The highest BCUT2D eigenvalue weighted by atomic mass is 33.1. The van der Waals surface area contributed by atoms with Crippen LogP contribution in [-0.2, 0) is 0 Å². The van der Waals surface area contributed by atoms with Gasteiger partial charge >= 0.3 is 0 Å². The predicted molar refractivity (Wildman–Crippen MR) is 95.4 cm³/mol. The lowest BCUT2D eigenvalue weighted by molar-refractivity contribution is 0.799. The number of hydrogen-bond donors (Lipinski definition) is 0. The third kappa shape index (κ3) is 2.90. The Morgan fingerprint density at radius 2 is 1.90 bits per heavy atom. The second kappa shape index (κ2) is 5.76. The largest absolute Gasteiger partial charge is 0.229 e. The van der Waals surface area contributed by atoms with Crippen molar-refractivity contribution in [3.63, 3.8) is 0 Å². The Kier molecular flexibility index (Phi) is 3.79. The standard InChI is InChI=1S/C15H12N2S4/c1-9-6-7-11-13(8-9)19-15(17-11)21-20-14-16-10-4-2-3-5-12(10)18-14/h2-5,7-9H,6H2,1H3. The van der Waals surface area contributed by atoms with Crippen molar-refractivity contribution >= 4 is 66.6 Å². The van der Waals surface area contributed by atoms with Crippen molar-refractivity contribution in [1.29, 1.82) is 0 Å². The van der Waals surface area contributed by atoms with Crippen LogP contribution in [0.1, 0.15) is 13.3 Å². The molecule has 0 fully saturated rings. The molecule has 4 rings (SSSR count). The van der Waals surface area contributed by atoms with E-state index in [0.717, 1.165) is 26.0 Å². The number of nitrogens with zero attached hydrogens (tertiary/aromatic N) is 2. The number of thiazole rings is 2. The van der Waals surface area contributed by atoms with Crippen molar-refractivity contribution in [3.05, 3.63) is 34.1 Å². The second-order valence-electron chi connectivity index (χ2n) is 4.93. The van der Waals surface area contributed by atoms with Crippen molar-refractivity contribution in [2.24, 2.45) is 5.92 Å². The molecule has 0 saturated heterocycles. The molecule has 21 heavy (non-hydrogen) atoms. The van der Waals surface area contributed by atoms with Gasteiger partial charge in [0, 0.05) is 0 Å². The third-order valence-electron chi connectivity index (χ3n) is 3.24. The molecule has 0 aliphatic heterocycles. The normalized spacial score (nSPS) is 17.3. The molecule has 2 aromatic heterocycles. The highest BCUT2D eigenvalue weighted by Crippen LogP contribution is 2.40. The smallest absolute Gasteiger partial charge is 0.162 e. The first-order chi connectivity index (χ1) is 10.3. The molecule has 0 bridgehead atoms. The SMILES string of the molecule is CC1C=c2sc(SSc3nc4ccccc4s3)nc2=CC1. The summed E-state index contributed by atoms with van der Waals surface area (Å²) in [7, 11) is 3.42. The van der Waals surface area contributed by atoms with E-state index in [2.05, 4.69) is 42.3 Å². The van der Waals surface area contributed by atoms with Crippen LogP contribution < -0.4 is 9.88 Å². The minimum Gasteiger partial charge on any atom is -0.229 e. The van der Waals surface area contributed by atoms with Gasteiger partial charge in [0.05, 0.1) is 20.1 Å². The molecule has 106 valence electrons. The third-order valence-corrected chi connectivity index (χ3v) is 8.28. The van der Waals surface area contributed by atoms with Gasteiger partial charge in [0.15, 0.2) is 8.68 Å². The fourth-order valence-corrected chi connectivity index (χ4v) is 6.87. The molecule has 0 radical (unpaired) electrons. The summed E-state index contributed by atoms with van der Waals surface area (Å²) in [4.78, 5) is 9.35. The average molecular weight is 349 g/mol. The van der Waals surface area contributed by atoms with Gasteiger partial charge in [-0.3, -0.25) is 0 Å². The van der Waals surface area contributed by atoms with E-state index in [1.165, 1.54) is 9.23 Å². The van der Waals surface area contributed by atoms with E-state index in [9.17, 15) is 0 Å². The van der Waals surface area contributed by atoms with Gasteiger partial charge in [0.25, 0.3) is 0 Å². The molecule has 0 spiro atoms. The molecular weight excluding hydrogens is 336 g/mol. The molecule has 0 N–H and O–H groups in total. The summed E-state index contributed by atoms with van der Waals surface area (Å²) >= 11 is 3.53. The number of rotatable bonds is 3. The second-order valence-corrected chi connectivity index (χ2v) is 9.61. The number of para-hydroxylation sites is 1. The molecule has 1 aliphatic rings. The van der Waals surface area contributed by atoms with Crippen LogP contribution in [0.4, 0.5) is 0 Å². The first-order valence-corrected chi connectivity index (χ1v) is 10.5. The number of benzene rings is 1. The molecular formula is C15H12N2S4. The van der Waals surface area contributed by atoms with Gasteiger partial charge in [0.2, 0.25) is 0 Å². The van der Waals surface area contributed by atoms with E-state index in [1.807, 2.05) is 6.07 Å². The van der Waals surface area contributed by atoms with E-state index >= 15 is 0 Å². The van der Waals surface area contributed by atoms with Crippen LogP contribution >= 0.6 is 44.3 Å². The zero-order chi connectivity index (χ0) is 14.2. The van der Waals surface area contributed by atoms with Crippen LogP contribution in [0.5, 0.6) is 0 Å². The summed E-state index contributed by atoms with van der Waals surface area (Å²) in [5, 5.41) is 1.16. The summed E-state index contributed by atoms with van der Waals surface area (Å²) in [6, 6.07) is 8.28. The van der Waals surface area contributed by atoms with Crippen LogP contribution in [0.15, 0.2) is 32.9 Å². The van der Waals surface area contributed by atoms with Crippen molar-refractivity contribution in [1.82, 2.24) is 9.97 Å². The fraction of sp³-hybridized carbons (Fsp3) is 0.200. The maximum Gasteiger partial charge on any atom is 0.162 e. The lowest BCUT2D eigenvalue weighted by atomic mass is 10.1. The zero-order valence-electron chi connectivity index (χ0n) is 11.3. The molecule has 1 unspecified atom stereocenters. The fourth-order valence-electron chi connectivity index (χ4n) is 2.21. The van der Waals surface area contributed by atoms with Gasteiger partial charge in [0.1, 0.15) is 0 Å². The molecule has 2 heterocycles. The molecule has 1 atom stereocenters. The topological polar surface area (TPSA) is 25.8 Å². The maximum absolute atomic E-state index is 4.70. The van der Waals surface area contributed by atoms with E-state index in [-0.39, 0.29) is 0 Å². The Bertz CT molecular complexity index is 876. The minimum atomic E-state index is 0.632. The van der Waals surface area contributed by atoms with Gasteiger partial charge < -0.3 is 0 Å². The van der Waals surface area contributed by atoms with Crippen molar-refractivity contribution in [2.75, 3.05) is 0 Å². The molecule has 3 aromatic rings. The Balaban J connectivity index is 1.56. The maximum atomic E-state index is 4.70. The predicted octanol–water partition coefficient (Wildman–Crippen LogP) is 4.15. The molecule has 1 aromatic carbocycles.